The molecule has 0 aromatic heterocycles. The van der Waals surface area contributed by atoms with Crippen molar-refractivity contribution < 1.29 is 28.9 Å². The van der Waals surface area contributed by atoms with Crippen LogP contribution in [0.1, 0.15) is 41.2 Å². The Morgan fingerprint density at radius 3 is 2.56 bits per heavy atom. The van der Waals surface area contributed by atoms with Crippen molar-refractivity contribution in [2.45, 2.75) is 46.1 Å². The van der Waals surface area contributed by atoms with Gasteiger partial charge >= 0.3 is 5.97 Å². The second-order valence-corrected chi connectivity index (χ2v) is 11.4. The zero-order chi connectivity index (χ0) is 29.6. The Bertz CT molecular complexity index is 1500. The molecule has 3 aromatic carbocycles. The molecule has 0 saturated carbocycles. The predicted octanol–water partition coefficient (Wildman–Crippen LogP) is 6.43. The normalized spacial score (nSPS) is 16.5. The number of carboxylic acid groups (broad SMARTS) is 1. The Hall–Kier alpha value is -3.75. The van der Waals surface area contributed by atoms with Crippen molar-refractivity contribution in [1.82, 2.24) is 5.32 Å². The molecule has 1 unspecified atom stereocenters. The van der Waals surface area contributed by atoms with Crippen LogP contribution in [0.5, 0.6) is 17.2 Å². The summed E-state index contributed by atoms with van der Waals surface area (Å²) in [6.45, 7) is 13.0. The molecule has 0 aliphatic carbocycles. The number of thioether (sulfide) groups is 1. The molecule has 0 fully saturated rings. The van der Waals surface area contributed by atoms with Gasteiger partial charge in [-0.2, -0.15) is 0 Å². The van der Waals surface area contributed by atoms with Crippen molar-refractivity contribution in [3.63, 3.8) is 0 Å². The maximum atomic E-state index is 11.2. The van der Waals surface area contributed by atoms with Crippen LogP contribution < -0.4 is 19.5 Å². The molecule has 1 aliphatic rings. The zero-order valence-corrected chi connectivity index (χ0v) is 24.9. The number of carbonyl (C=O) groups is 2. The summed E-state index contributed by atoms with van der Waals surface area (Å²) in [4.78, 5) is 22.8. The van der Waals surface area contributed by atoms with E-state index in [4.69, 9.17) is 19.3 Å². The summed E-state index contributed by atoms with van der Waals surface area (Å²) >= 11 is 1.03. The fourth-order valence-electron chi connectivity index (χ4n) is 5.17. The summed E-state index contributed by atoms with van der Waals surface area (Å²) in [7, 11) is 0. The number of fused-ring (bicyclic) bond motifs is 2. The van der Waals surface area contributed by atoms with Crippen molar-refractivity contribution in [1.29, 1.82) is 0 Å². The number of hydrogen-bond acceptors (Lipinski definition) is 7. The van der Waals surface area contributed by atoms with Gasteiger partial charge in [-0.1, -0.05) is 54.7 Å². The van der Waals surface area contributed by atoms with Crippen molar-refractivity contribution in [2.24, 2.45) is 0 Å². The van der Waals surface area contributed by atoms with Gasteiger partial charge in [-0.3, -0.25) is 9.59 Å². The highest BCUT2D eigenvalue weighted by atomic mass is 32.2. The van der Waals surface area contributed by atoms with E-state index in [1.807, 2.05) is 42.5 Å². The number of benzene rings is 3. The van der Waals surface area contributed by atoms with Gasteiger partial charge in [0.2, 0.25) is 0 Å². The topological polar surface area (TPSA) is 94.1 Å². The van der Waals surface area contributed by atoms with Crippen LogP contribution in [0.15, 0.2) is 54.0 Å². The van der Waals surface area contributed by atoms with E-state index in [0.717, 1.165) is 85.4 Å². The fourth-order valence-corrected chi connectivity index (χ4v) is 5.68. The Kier molecular flexibility index (Phi) is 9.78. The molecule has 1 aliphatic heterocycles. The minimum Gasteiger partial charge on any atom is -0.489 e. The molecule has 1 atom stereocenters. The van der Waals surface area contributed by atoms with Crippen LogP contribution in [0.4, 0.5) is 0 Å². The highest BCUT2D eigenvalue weighted by Gasteiger charge is 2.35. The minimum absolute atomic E-state index is 0.182. The molecule has 1 heterocycles. The Balaban J connectivity index is 1.56. The molecule has 0 spiro atoms. The van der Waals surface area contributed by atoms with Gasteiger partial charge in [-0.25, -0.2) is 0 Å². The van der Waals surface area contributed by atoms with E-state index < -0.39 is 11.6 Å². The van der Waals surface area contributed by atoms with Crippen LogP contribution in [-0.2, 0) is 16.0 Å². The first-order chi connectivity index (χ1) is 19.7. The smallest absolute Gasteiger partial charge is 0.317 e. The molecule has 2 N–H and O–H groups in total. The van der Waals surface area contributed by atoms with E-state index >= 15 is 0 Å². The number of carbonyl (C=O) groups excluding carboxylic acids is 1. The van der Waals surface area contributed by atoms with E-state index in [2.05, 4.69) is 39.6 Å². The van der Waals surface area contributed by atoms with E-state index in [9.17, 15) is 9.59 Å². The summed E-state index contributed by atoms with van der Waals surface area (Å²) in [5.74, 6) is 1.64. The van der Waals surface area contributed by atoms with Gasteiger partial charge in [0.05, 0.1) is 6.54 Å². The Morgan fingerprint density at radius 1 is 1.10 bits per heavy atom. The molecular formula is C33H37NO6S. The Morgan fingerprint density at radius 2 is 1.85 bits per heavy atom. The number of nitrogens with one attached hydrogen (secondary N) is 1. The van der Waals surface area contributed by atoms with Crippen LogP contribution in [0, 0.1) is 20.8 Å². The molecule has 41 heavy (non-hydrogen) atoms. The lowest BCUT2D eigenvalue weighted by atomic mass is 9.87. The van der Waals surface area contributed by atoms with E-state index in [0.29, 0.717) is 13.2 Å². The molecule has 0 radical (unpaired) electrons. The van der Waals surface area contributed by atoms with E-state index in [1.54, 1.807) is 6.08 Å². The molecule has 8 heteroatoms. The maximum Gasteiger partial charge on any atom is 0.317 e. The van der Waals surface area contributed by atoms with Crippen molar-refractivity contribution in [3.8, 4) is 17.2 Å². The van der Waals surface area contributed by atoms with Gasteiger partial charge in [0.15, 0.2) is 5.62 Å². The van der Waals surface area contributed by atoms with Gasteiger partial charge in [0.1, 0.15) is 36.1 Å². The lowest BCUT2D eigenvalue weighted by molar-refractivity contribution is -0.135. The highest BCUT2D eigenvalue weighted by molar-refractivity contribution is 8.15. The molecule has 7 nitrogen and oxygen atoms in total. The summed E-state index contributed by atoms with van der Waals surface area (Å²) in [5, 5.41) is 13.7. The van der Waals surface area contributed by atoms with Crippen LogP contribution in [0.2, 0.25) is 0 Å². The summed E-state index contributed by atoms with van der Waals surface area (Å²) in [6.07, 6.45) is 5.33. The lowest BCUT2D eigenvalue weighted by Crippen LogP contribution is -2.42. The van der Waals surface area contributed by atoms with Gasteiger partial charge in [-0.05, 0) is 80.3 Å². The van der Waals surface area contributed by atoms with Gasteiger partial charge in [0, 0.05) is 22.4 Å². The first kappa shape index (κ1) is 30.2. The standard InChI is InChI=1S/C33H37NO6S/c1-6-15-38-31-21(2)22(3)32-26(23(31)4)13-14-33(5,40-32)19-39-29-12-11-24(27-9-7-8-10-28(27)29)16-25(41-20-35)17-34-18-30(36)37/h6-12,16,20,34H,1,13-15,17-19H2,2-5H3,(H,36,37)/b25-16-. The minimum atomic E-state index is -0.950. The van der Waals surface area contributed by atoms with Crippen molar-refractivity contribution in [2.75, 3.05) is 26.3 Å². The van der Waals surface area contributed by atoms with Crippen LogP contribution >= 0.6 is 11.8 Å². The zero-order valence-electron chi connectivity index (χ0n) is 24.0. The quantitative estimate of drug-likeness (QED) is 0.178. The van der Waals surface area contributed by atoms with Gasteiger partial charge < -0.3 is 24.6 Å². The van der Waals surface area contributed by atoms with E-state index in [1.165, 1.54) is 5.56 Å². The molecular weight excluding hydrogens is 538 g/mol. The van der Waals surface area contributed by atoms with Crippen LogP contribution in [0.3, 0.4) is 0 Å². The third-order valence-electron chi connectivity index (χ3n) is 7.45. The summed E-state index contributed by atoms with van der Waals surface area (Å²) in [6, 6.07) is 11.8. The second-order valence-electron chi connectivity index (χ2n) is 10.5. The number of hydrogen-bond donors (Lipinski definition) is 2. The Labute approximate surface area is 245 Å². The van der Waals surface area contributed by atoms with E-state index in [-0.39, 0.29) is 13.1 Å². The molecule has 216 valence electrons. The molecule has 3 aromatic rings. The number of ether oxygens (including phenoxy) is 3. The third-order valence-corrected chi connectivity index (χ3v) is 8.11. The van der Waals surface area contributed by atoms with Gasteiger partial charge in [-0.15, -0.1) is 0 Å². The number of aliphatic carboxylic acids is 1. The first-order valence-corrected chi connectivity index (χ1v) is 14.5. The summed E-state index contributed by atoms with van der Waals surface area (Å²) in [5.41, 5.74) is 5.62. The van der Waals surface area contributed by atoms with Crippen molar-refractivity contribution in [3.05, 3.63) is 81.8 Å². The lowest BCUT2D eigenvalue weighted by Gasteiger charge is -2.38. The SMILES string of the molecule is C=CCOc1c(C)c(C)c2c(c1C)CCC(C)(COc1ccc(/C=C(/CNCC(=O)O)SC=O)c3ccccc13)O2. The molecule has 0 bridgehead atoms. The average molecular weight is 576 g/mol. The largest absolute Gasteiger partial charge is 0.489 e. The fraction of sp³-hybridized carbons (Fsp3) is 0.333. The first-order valence-electron chi connectivity index (χ1n) is 13.6. The number of rotatable bonds is 13. The molecule has 4 rings (SSSR count). The summed E-state index contributed by atoms with van der Waals surface area (Å²) < 4.78 is 19.1. The van der Waals surface area contributed by atoms with Crippen LogP contribution in [0.25, 0.3) is 16.8 Å². The average Bonchev–Trinajstić information content (AvgIpc) is 2.95. The molecule has 0 amide bonds. The van der Waals surface area contributed by atoms with Crippen molar-refractivity contribution >= 4 is 40.2 Å². The monoisotopic (exact) mass is 575 g/mol. The third kappa shape index (κ3) is 6.94. The predicted molar refractivity (Wildman–Crippen MR) is 166 cm³/mol. The second kappa shape index (κ2) is 13.3. The van der Waals surface area contributed by atoms with Crippen LogP contribution in [-0.4, -0.2) is 48.6 Å². The number of carboxylic acids is 1. The molecule has 0 saturated heterocycles. The highest BCUT2D eigenvalue weighted by Crippen LogP contribution is 2.44. The maximum absolute atomic E-state index is 11.2. The van der Waals surface area contributed by atoms with Gasteiger partial charge in [0.25, 0.3) is 0 Å².